The van der Waals surface area contributed by atoms with Crippen LogP contribution in [-0.4, -0.2) is 0 Å². The van der Waals surface area contributed by atoms with Crippen molar-refractivity contribution in [1.82, 2.24) is 0 Å². The van der Waals surface area contributed by atoms with Gasteiger partial charge in [-0.15, -0.1) is 0 Å². The molecule has 3 nitrogen and oxygen atoms in total. The minimum Gasteiger partial charge on any atom is -0.440 e. The van der Waals surface area contributed by atoms with E-state index in [0.29, 0.717) is 16.9 Å². The molecule has 0 saturated carbocycles. The highest BCUT2D eigenvalue weighted by molar-refractivity contribution is 5.90. The van der Waals surface area contributed by atoms with Crippen LogP contribution in [0.1, 0.15) is 17.0 Å². The Morgan fingerprint density at radius 2 is 1.88 bits per heavy atom. The van der Waals surface area contributed by atoms with Crippen molar-refractivity contribution in [2.75, 3.05) is 0 Å². The largest absolute Gasteiger partial charge is 0.440 e. The van der Waals surface area contributed by atoms with Gasteiger partial charge in [0.25, 0.3) is 0 Å². The predicted octanol–water partition coefficient (Wildman–Crippen LogP) is 4.20. The van der Waals surface area contributed by atoms with Gasteiger partial charge in [0.05, 0.1) is 5.92 Å². The van der Waals surface area contributed by atoms with Crippen LogP contribution in [0.5, 0.6) is 5.75 Å². The zero-order valence-corrected chi connectivity index (χ0v) is 12.7. The van der Waals surface area contributed by atoms with Gasteiger partial charge < -0.3 is 10.5 Å². The molecule has 0 saturated heterocycles. The summed E-state index contributed by atoms with van der Waals surface area (Å²) >= 11 is 0. The van der Waals surface area contributed by atoms with Gasteiger partial charge in [0.1, 0.15) is 23.2 Å². The molecule has 2 N–H and O–H groups in total. The van der Waals surface area contributed by atoms with Crippen molar-refractivity contribution in [3.8, 4) is 11.8 Å². The first-order valence-electron chi connectivity index (χ1n) is 7.53. The van der Waals surface area contributed by atoms with Crippen LogP contribution in [0.15, 0.2) is 72.1 Å². The van der Waals surface area contributed by atoms with Crippen molar-refractivity contribution >= 4 is 10.8 Å². The maximum Gasteiger partial charge on any atom is 0.205 e. The first-order chi connectivity index (χ1) is 11.7. The molecule has 0 aromatic heterocycles. The number of hydrogen-bond donors (Lipinski definition) is 1. The number of ether oxygens (including phenoxy) is 1. The van der Waals surface area contributed by atoms with Crippen LogP contribution in [0.4, 0.5) is 4.39 Å². The summed E-state index contributed by atoms with van der Waals surface area (Å²) in [6.07, 6.45) is 0. The van der Waals surface area contributed by atoms with Crippen LogP contribution in [0.2, 0.25) is 0 Å². The average molecular weight is 316 g/mol. The summed E-state index contributed by atoms with van der Waals surface area (Å²) in [5, 5.41) is 11.5. The second-order valence-corrected chi connectivity index (χ2v) is 5.68. The van der Waals surface area contributed by atoms with Crippen molar-refractivity contribution in [3.05, 3.63) is 89.1 Å². The molecule has 0 radical (unpaired) electrons. The van der Waals surface area contributed by atoms with Gasteiger partial charge >= 0.3 is 0 Å². The van der Waals surface area contributed by atoms with Gasteiger partial charge in [-0.05, 0) is 23.1 Å². The highest BCUT2D eigenvalue weighted by Crippen LogP contribution is 2.45. The molecule has 1 heterocycles. The standard InChI is InChI=1S/C20H13FN2O/c21-14-6-3-5-13(10-14)18-16-9-8-12-4-1-2-7-15(12)19(16)24-20(23)17(18)11-22/h1-10,18H,23H2/t18-/m0/s1. The summed E-state index contributed by atoms with van der Waals surface area (Å²) < 4.78 is 19.5. The maximum atomic E-state index is 13.7. The quantitative estimate of drug-likeness (QED) is 0.732. The Morgan fingerprint density at radius 3 is 2.67 bits per heavy atom. The van der Waals surface area contributed by atoms with Crippen molar-refractivity contribution in [2.45, 2.75) is 5.92 Å². The molecule has 1 atom stereocenters. The van der Waals surface area contributed by atoms with E-state index < -0.39 is 5.92 Å². The summed E-state index contributed by atoms with van der Waals surface area (Å²) in [6, 6.07) is 20.0. The molecule has 0 amide bonds. The second kappa shape index (κ2) is 5.39. The Balaban J connectivity index is 2.02. The van der Waals surface area contributed by atoms with E-state index in [0.717, 1.165) is 16.3 Å². The summed E-state index contributed by atoms with van der Waals surface area (Å²) in [5.41, 5.74) is 7.78. The molecule has 0 spiro atoms. The molecule has 24 heavy (non-hydrogen) atoms. The topological polar surface area (TPSA) is 59.0 Å². The lowest BCUT2D eigenvalue weighted by atomic mass is 9.82. The van der Waals surface area contributed by atoms with Crippen LogP contribution >= 0.6 is 0 Å². The number of fused-ring (bicyclic) bond motifs is 3. The monoisotopic (exact) mass is 316 g/mol. The number of benzene rings is 3. The number of nitriles is 1. The SMILES string of the molecule is N#CC1=C(N)Oc2c(ccc3ccccc23)[C@@H]1c1cccc(F)c1. The van der Waals surface area contributed by atoms with Crippen LogP contribution in [0, 0.1) is 17.1 Å². The lowest BCUT2D eigenvalue weighted by Gasteiger charge is -2.27. The third-order valence-electron chi connectivity index (χ3n) is 4.29. The Labute approximate surface area is 138 Å². The van der Waals surface area contributed by atoms with Crippen molar-refractivity contribution in [3.63, 3.8) is 0 Å². The van der Waals surface area contributed by atoms with E-state index in [-0.39, 0.29) is 11.7 Å². The fourth-order valence-electron chi connectivity index (χ4n) is 3.22. The van der Waals surface area contributed by atoms with Crippen LogP contribution in [-0.2, 0) is 0 Å². The number of nitrogens with two attached hydrogens (primary N) is 1. The molecule has 1 aliphatic rings. The van der Waals surface area contributed by atoms with Crippen LogP contribution in [0.25, 0.3) is 10.8 Å². The smallest absolute Gasteiger partial charge is 0.205 e. The van der Waals surface area contributed by atoms with Gasteiger partial charge in [-0.2, -0.15) is 5.26 Å². The van der Waals surface area contributed by atoms with Crippen LogP contribution < -0.4 is 10.5 Å². The molecule has 3 aromatic carbocycles. The van der Waals surface area contributed by atoms with Crippen LogP contribution in [0.3, 0.4) is 0 Å². The number of allylic oxidation sites excluding steroid dienone is 1. The summed E-state index contributed by atoms with van der Waals surface area (Å²) in [7, 11) is 0. The zero-order chi connectivity index (χ0) is 16.7. The molecule has 0 aliphatic carbocycles. The molecule has 3 aromatic rings. The lowest BCUT2D eigenvalue weighted by Crippen LogP contribution is -2.21. The summed E-state index contributed by atoms with van der Waals surface area (Å²) in [6.45, 7) is 0. The first kappa shape index (κ1) is 14.3. The van der Waals surface area contributed by atoms with E-state index in [1.165, 1.54) is 12.1 Å². The highest BCUT2D eigenvalue weighted by atomic mass is 19.1. The molecule has 0 unspecified atom stereocenters. The summed E-state index contributed by atoms with van der Waals surface area (Å²) in [5.74, 6) is -0.106. The average Bonchev–Trinajstić information content (AvgIpc) is 2.60. The van der Waals surface area contributed by atoms with Gasteiger partial charge in [-0.3, -0.25) is 0 Å². The highest BCUT2D eigenvalue weighted by Gasteiger charge is 2.31. The number of nitrogens with zero attached hydrogens (tertiary/aromatic N) is 1. The van der Waals surface area contributed by atoms with Gasteiger partial charge in [0.2, 0.25) is 5.88 Å². The molecule has 116 valence electrons. The molecule has 4 heteroatoms. The number of rotatable bonds is 1. The maximum absolute atomic E-state index is 13.7. The molecule has 1 aliphatic heterocycles. The zero-order valence-electron chi connectivity index (χ0n) is 12.7. The van der Waals surface area contributed by atoms with Crippen molar-refractivity contribution in [1.29, 1.82) is 5.26 Å². The molecular weight excluding hydrogens is 303 g/mol. The fraction of sp³-hybridized carbons (Fsp3) is 0.0500. The van der Waals surface area contributed by atoms with E-state index in [1.807, 2.05) is 36.4 Å². The number of halogens is 1. The Kier molecular flexibility index (Phi) is 3.21. The molecular formula is C20H13FN2O. The van der Waals surface area contributed by atoms with E-state index in [1.54, 1.807) is 12.1 Å². The van der Waals surface area contributed by atoms with E-state index in [9.17, 15) is 9.65 Å². The second-order valence-electron chi connectivity index (χ2n) is 5.68. The van der Waals surface area contributed by atoms with Crippen molar-refractivity contribution in [2.24, 2.45) is 5.73 Å². The van der Waals surface area contributed by atoms with Crippen molar-refractivity contribution < 1.29 is 9.13 Å². The predicted molar refractivity (Wildman–Crippen MR) is 89.6 cm³/mol. The van der Waals surface area contributed by atoms with E-state index >= 15 is 0 Å². The normalized spacial score (nSPS) is 16.4. The third-order valence-corrected chi connectivity index (χ3v) is 4.29. The van der Waals surface area contributed by atoms with E-state index in [2.05, 4.69) is 6.07 Å². The Bertz CT molecular complexity index is 1030. The Hall–Kier alpha value is -3.32. The van der Waals surface area contributed by atoms with E-state index in [4.69, 9.17) is 10.5 Å². The fourth-order valence-corrected chi connectivity index (χ4v) is 3.22. The first-order valence-corrected chi connectivity index (χ1v) is 7.53. The third kappa shape index (κ3) is 2.10. The van der Waals surface area contributed by atoms with Gasteiger partial charge in [0, 0.05) is 10.9 Å². The van der Waals surface area contributed by atoms with Gasteiger partial charge in [0.15, 0.2) is 0 Å². The van der Waals surface area contributed by atoms with Gasteiger partial charge in [-0.1, -0.05) is 48.5 Å². The molecule has 0 bridgehead atoms. The van der Waals surface area contributed by atoms with Gasteiger partial charge in [-0.25, -0.2) is 4.39 Å². The summed E-state index contributed by atoms with van der Waals surface area (Å²) in [4.78, 5) is 0. The minimum atomic E-state index is -0.445. The molecule has 0 fully saturated rings. The lowest BCUT2D eigenvalue weighted by molar-refractivity contribution is 0.398. The Morgan fingerprint density at radius 1 is 1.04 bits per heavy atom. The minimum absolute atomic E-state index is 0.0654. The number of hydrogen-bond acceptors (Lipinski definition) is 3. The molecule has 4 rings (SSSR count).